The predicted octanol–water partition coefficient (Wildman–Crippen LogP) is 5.88. The summed E-state index contributed by atoms with van der Waals surface area (Å²) in [7, 11) is -2.30. The number of unbranched alkanes of at least 4 members (excludes halogenated alkanes) is 1. The summed E-state index contributed by atoms with van der Waals surface area (Å²) in [5.74, 6) is -1.52. The minimum atomic E-state index is -3.90. The third-order valence-electron chi connectivity index (χ3n) is 5.90. The van der Waals surface area contributed by atoms with Crippen molar-refractivity contribution in [2.24, 2.45) is 0 Å². The van der Waals surface area contributed by atoms with Gasteiger partial charge in [0.1, 0.15) is 16.9 Å². The van der Waals surface area contributed by atoms with Crippen LogP contribution < -0.4 is 9.64 Å². The number of carbonyl (C=O) groups is 1. The van der Waals surface area contributed by atoms with Crippen molar-refractivity contribution in [1.29, 1.82) is 0 Å². The Morgan fingerprint density at radius 3 is 2.56 bits per heavy atom. The first-order valence-corrected chi connectivity index (χ1v) is 14.5. The fourth-order valence-electron chi connectivity index (χ4n) is 4.01. The van der Waals surface area contributed by atoms with Gasteiger partial charge in [0.15, 0.2) is 0 Å². The number of nitrogens with zero attached hydrogens (tertiary/aromatic N) is 2. The molecular weight excluding hydrogens is 503 g/mol. The second-order valence-electron chi connectivity index (χ2n) is 8.27. The van der Waals surface area contributed by atoms with Gasteiger partial charge >= 0.3 is 5.97 Å². The summed E-state index contributed by atoms with van der Waals surface area (Å²) in [6, 6.07) is 12.6. The molecule has 1 aliphatic heterocycles. The van der Waals surface area contributed by atoms with Crippen LogP contribution in [-0.4, -0.2) is 50.7 Å². The summed E-state index contributed by atoms with van der Waals surface area (Å²) in [6.07, 6.45) is 3.23. The summed E-state index contributed by atoms with van der Waals surface area (Å²) in [6.45, 7) is 6.11. The zero-order valence-electron chi connectivity index (χ0n) is 21.1. The van der Waals surface area contributed by atoms with E-state index in [0.717, 1.165) is 24.9 Å². The van der Waals surface area contributed by atoms with Crippen molar-refractivity contribution in [3.05, 3.63) is 54.6 Å². The minimum Gasteiger partial charge on any atom is -0.461 e. The van der Waals surface area contributed by atoms with E-state index in [0.29, 0.717) is 29.1 Å². The lowest BCUT2D eigenvalue weighted by Crippen LogP contribution is -2.40. The second-order valence-corrected chi connectivity index (χ2v) is 11.5. The molecule has 1 aliphatic rings. The van der Waals surface area contributed by atoms with Gasteiger partial charge in [0, 0.05) is 31.4 Å². The van der Waals surface area contributed by atoms with Crippen LogP contribution in [0.25, 0.3) is 0 Å². The molecular formula is C26H33FN2O5S2. The number of rotatable bonds is 10. The van der Waals surface area contributed by atoms with E-state index in [-0.39, 0.29) is 23.3 Å². The number of carbonyl (C=O) groups excluding carboxylic acids is 1. The zero-order chi connectivity index (χ0) is 26.3. The van der Waals surface area contributed by atoms with Crippen LogP contribution >= 0.6 is 11.8 Å². The van der Waals surface area contributed by atoms with Crippen molar-refractivity contribution in [2.75, 3.05) is 30.9 Å². The van der Waals surface area contributed by atoms with Gasteiger partial charge in [0.25, 0.3) is 0 Å². The first kappa shape index (κ1) is 28.0. The Bertz CT molecular complexity index is 1190. The average Bonchev–Trinajstić information content (AvgIpc) is 2.95. The maximum absolute atomic E-state index is 14.2. The van der Waals surface area contributed by atoms with Crippen LogP contribution in [0, 0.1) is 0 Å². The molecule has 1 heterocycles. The highest BCUT2D eigenvalue weighted by Crippen LogP contribution is 2.44. The van der Waals surface area contributed by atoms with E-state index in [4.69, 9.17) is 4.74 Å². The molecule has 0 spiro atoms. The lowest BCUT2D eigenvalue weighted by molar-refractivity contribution is -0.140. The first-order valence-electron chi connectivity index (χ1n) is 12.0. The lowest BCUT2D eigenvalue weighted by Gasteiger charge is -2.29. The Balaban J connectivity index is 2.18. The molecule has 0 aliphatic carbocycles. The molecule has 0 fully saturated rings. The average molecular weight is 537 g/mol. The maximum Gasteiger partial charge on any atom is 0.370 e. The number of fused-ring (bicyclic) bond motifs is 1. The number of benzene rings is 2. The number of hydrogen-bond donors (Lipinski definition) is 0. The Morgan fingerprint density at radius 1 is 1.19 bits per heavy atom. The van der Waals surface area contributed by atoms with Crippen molar-refractivity contribution in [3.63, 3.8) is 0 Å². The minimum absolute atomic E-state index is 0.0228. The Morgan fingerprint density at radius 2 is 1.92 bits per heavy atom. The molecule has 0 aromatic heterocycles. The molecule has 0 amide bonds. The molecule has 10 heteroatoms. The predicted molar refractivity (Wildman–Crippen MR) is 141 cm³/mol. The van der Waals surface area contributed by atoms with Crippen LogP contribution in [0.1, 0.15) is 40.0 Å². The van der Waals surface area contributed by atoms with Crippen LogP contribution in [-0.2, 0) is 19.6 Å². The Labute approximate surface area is 217 Å². The smallest absolute Gasteiger partial charge is 0.370 e. The fourth-order valence-corrected chi connectivity index (χ4v) is 6.33. The van der Waals surface area contributed by atoms with Gasteiger partial charge in [-0.15, -0.1) is 11.8 Å². The second kappa shape index (κ2) is 12.6. The number of hydrogen-bond acceptors (Lipinski definition) is 7. The van der Waals surface area contributed by atoms with Crippen LogP contribution in [0.3, 0.4) is 0 Å². The van der Waals surface area contributed by atoms with Gasteiger partial charge in [0.2, 0.25) is 15.9 Å². The number of halogens is 1. The van der Waals surface area contributed by atoms with E-state index in [9.17, 15) is 17.6 Å². The maximum atomic E-state index is 14.2. The van der Waals surface area contributed by atoms with Gasteiger partial charge in [-0.1, -0.05) is 44.9 Å². The molecule has 2 aromatic rings. The summed E-state index contributed by atoms with van der Waals surface area (Å²) in [5.41, 5.74) is 1.41. The number of anilines is 2. The molecule has 196 valence electrons. The molecule has 3 rings (SSSR count). The number of para-hydroxylation sites is 1. The third-order valence-corrected chi connectivity index (χ3v) is 8.76. The SMILES string of the molecule is CCCCC1CN(c2ccccc2)c2cc(SCC)c(O/C=C(\F)C(=O)OCC)cc2S(=O)(=O)N1C. The van der Waals surface area contributed by atoms with Gasteiger partial charge in [-0.25, -0.2) is 13.2 Å². The molecule has 0 saturated heterocycles. The first-order chi connectivity index (χ1) is 17.2. The van der Waals surface area contributed by atoms with Gasteiger partial charge in [0.05, 0.1) is 17.2 Å². The van der Waals surface area contributed by atoms with Crippen molar-refractivity contribution >= 4 is 39.1 Å². The van der Waals surface area contributed by atoms with Crippen LogP contribution in [0.2, 0.25) is 0 Å². The molecule has 0 radical (unpaired) electrons. The van der Waals surface area contributed by atoms with Crippen LogP contribution in [0.15, 0.2) is 64.3 Å². The van der Waals surface area contributed by atoms with E-state index in [1.807, 2.05) is 42.2 Å². The summed E-state index contributed by atoms with van der Waals surface area (Å²) < 4.78 is 53.4. The monoisotopic (exact) mass is 536 g/mol. The third kappa shape index (κ3) is 6.22. The molecule has 36 heavy (non-hydrogen) atoms. The Kier molecular flexibility index (Phi) is 9.81. The van der Waals surface area contributed by atoms with Crippen molar-refractivity contribution in [2.45, 2.75) is 55.9 Å². The zero-order valence-corrected chi connectivity index (χ0v) is 22.7. The quantitative estimate of drug-likeness (QED) is 0.162. The molecule has 1 unspecified atom stereocenters. The summed E-state index contributed by atoms with van der Waals surface area (Å²) in [4.78, 5) is 14.4. The molecule has 2 aromatic carbocycles. The summed E-state index contributed by atoms with van der Waals surface area (Å²) >= 11 is 1.44. The Hall–Kier alpha value is -2.56. The highest BCUT2D eigenvalue weighted by atomic mass is 32.2. The van der Waals surface area contributed by atoms with E-state index < -0.39 is 21.8 Å². The standard InChI is InChI=1S/C26H33FN2O5S2/c1-5-8-12-20-17-29(19-13-10-9-11-14-19)22-15-24(35-7-3)23(16-25(22)36(31,32)28(20)4)34-18-21(27)26(30)33-6-2/h9-11,13-16,18,20H,5-8,12,17H2,1-4H3/b21-18-. The van der Waals surface area contributed by atoms with Gasteiger partial charge in [-0.05, 0) is 37.3 Å². The largest absolute Gasteiger partial charge is 0.461 e. The molecule has 1 atom stereocenters. The number of thioether (sulfide) groups is 1. The van der Waals surface area contributed by atoms with Gasteiger partial charge in [-0.3, -0.25) is 0 Å². The van der Waals surface area contributed by atoms with E-state index >= 15 is 0 Å². The number of esters is 1. The molecule has 0 bridgehead atoms. The number of sulfonamides is 1. The number of likely N-dealkylation sites (N-methyl/N-ethyl adjacent to an activating group) is 1. The molecule has 0 saturated carbocycles. The molecule has 7 nitrogen and oxygen atoms in total. The van der Waals surface area contributed by atoms with Crippen LogP contribution in [0.5, 0.6) is 5.75 Å². The summed E-state index contributed by atoms with van der Waals surface area (Å²) in [5, 5.41) is 0. The number of ether oxygens (including phenoxy) is 2. The van der Waals surface area contributed by atoms with Gasteiger partial charge in [-0.2, -0.15) is 8.70 Å². The van der Waals surface area contributed by atoms with Crippen molar-refractivity contribution < 1.29 is 27.1 Å². The van der Waals surface area contributed by atoms with Crippen molar-refractivity contribution in [3.8, 4) is 5.75 Å². The lowest BCUT2D eigenvalue weighted by atomic mass is 10.1. The van der Waals surface area contributed by atoms with E-state index in [1.54, 1.807) is 20.0 Å². The highest BCUT2D eigenvalue weighted by molar-refractivity contribution is 7.99. The highest BCUT2D eigenvalue weighted by Gasteiger charge is 2.37. The fraction of sp³-hybridized carbons (Fsp3) is 0.423. The molecule has 0 N–H and O–H groups in total. The van der Waals surface area contributed by atoms with Crippen molar-refractivity contribution in [1.82, 2.24) is 4.31 Å². The van der Waals surface area contributed by atoms with Crippen LogP contribution in [0.4, 0.5) is 15.8 Å². The topological polar surface area (TPSA) is 76.1 Å². The normalized spacial score (nSPS) is 17.9. The van der Waals surface area contributed by atoms with Gasteiger partial charge < -0.3 is 14.4 Å². The van der Waals surface area contributed by atoms with E-state index in [2.05, 4.69) is 11.7 Å². The van der Waals surface area contributed by atoms with E-state index in [1.165, 1.54) is 22.1 Å².